The molecule has 0 heterocycles. The minimum absolute atomic E-state index is 0.380. The van der Waals surface area contributed by atoms with Crippen LogP contribution >= 0.6 is 11.8 Å². The Morgan fingerprint density at radius 3 is 2.56 bits per heavy atom. The van der Waals surface area contributed by atoms with Crippen LogP contribution in [0, 0.1) is 5.41 Å². The van der Waals surface area contributed by atoms with Crippen molar-refractivity contribution in [2.75, 3.05) is 5.75 Å². The SMILES string of the molecule is CCSC1CCCC(NC(C)C(C)(C)C)C1. The van der Waals surface area contributed by atoms with Crippen molar-refractivity contribution in [3.63, 3.8) is 0 Å². The summed E-state index contributed by atoms with van der Waals surface area (Å²) in [7, 11) is 0. The van der Waals surface area contributed by atoms with E-state index >= 15 is 0 Å². The Balaban J connectivity index is 2.37. The Bertz CT molecular complexity index is 195. The fraction of sp³-hybridized carbons (Fsp3) is 1.00. The molecule has 3 atom stereocenters. The molecule has 3 unspecified atom stereocenters. The van der Waals surface area contributed by atoms with E-state index in [0.29, 0.717) is 11.5 Å². The number of thioether (sulfide) groups is 1. The lowest BCUT2D eigenvalue weighted by Gasteiger charge is -2.36. The lowest BCUT2D eigenvalue weighted by Crippen LogP contribution is -2.46. The Morgan fingerprint density at radius 2 is 2.00 bits per heavy atom. The third kappa shape index (κ3) is 4.67. The van der Waals surface area contributed by atoms with Crippen LogP contribution in [0.5, 0.6) is 0 Å². The monoisotopic (exact) mass is 243 g/mol. The molecule has 2 heteroatoms. The first-order chi connectivity index (χ1) is 7.43. The minimum atomic E-state index is 0.380. The minimum Gasteiger partial charge on any atom is -0.311 e. The van der Waals surface area contributed by atoms with Crippen molar-refractivity contribution >= 4 is 11.8 Å². The Labute approximate surface area is 106 Å². The lowest BCUT2D eigenvalue weighted by molar-refractivity contribution is 0.240. The zero-order chi connectivity index (χ0) is 12.2. The van der Waals surface area contributed by atoms with E-state index in [2.05, 4.69) is 51.7 Å². The molecule has 1 aliphatic rings. The van der Waals surface area contributed by atoms with Crippen LogP contribution in [0.4, 0.5) is 0 Å². The number of rotatable bonds is 4. The molecule has 0 aromatic heterocycles. The van der Waals surface area contributed by atoms with Crippen molar-refractivity contribution in [3.8, 4) is 0 Å². The zero-order valence-electron chi connectivity index (χ0n) is 11.7. The van der Waals surface area contributed by atoms with E-state index in [1.54, 1.807) is 0 Å². The van der Waals surface area contributed by atoms with Gasteiger partial charge in [0.25, 0.3) is 0 Å². The van der Waals surface area contributed by atoms with Gasteiger partial charge in [0.1, 0.15) is 0 Å². The van der Waals surface area contributed by atoms with Gasteiger partial charge in [0.2, 0.25) is 0 Å². The number of nitrogens with one attached hydrogen (secondary N) is 1. The smallest absolute Gasteiger partial charge is 0.00898 e. The van der Waals surface area contributed by atoms with Crippen molar-refractivity contribution in [2.45, 2.75) is 77.6 Å². The van der Waals surface area contributed by atoms with Crippen LogP contribution in [-0.2, 0) is 0 Å². The maximum atomic E-state index is 3.83. The molecule has 0 aliphatic heterocycles. The second kappa shape index (κ2) is 6.30. The van der Waals surface area contributed by atoms with E-state index in [0.717, 1.165) is 11.3 Å². The molecule has 1 N–H and O–H groups in total. The molecule has 96 valence electrons. The van der Waals surface area contributed by atoms with Crippen molar-refractivity contribution in [3.05, 3.63) is 0 Å². The predicted molar refractivity (Wildman–Crippen MR) is 76.2 cm³/mol. The van der Waals surface area contributed by atoms with Crippen molar-refractivity contribution in [2.24, 2.45) is 5.41 Å². The van der Waals surface area contributed by atoms with Gasteiger partial charge in [-0.15, -0.1) is 0 Å². The Hall–Kier alpha value is 0.310. The molecule has 16 heavy (non-hydrogen) atoms. The van der Waals surface area contributed by atoms with Gasteiger partial charge >= 0.3 is 0 Å². The molecular formula is C14H29NS. The number of hydrogen-bond donors (Lipinski definition) is 1. The summed E-state index contributed by atoms with van der Waals surface area (Å²) in [6.45, 7) is 11.6. The summed E-state index contributed by atoms with van der Waals surface area (Å²) in [5, 5.41) is 4.74. The summed E-state index contributed by atoms with van der Waals surface area (Å²) in [5.74, 6) is 1.27. The zero-order valence-corrected chi connectivity index (χ0v) is 12.5. The molecule has 0 spiro atoms. The highest BCUT2D eigenvalue weighted by molar-refractivity contribution is 7.99. The molecule has 0 saturated heterocycles. The van der Waals surface area contributed by atoms with Gasteiger partial charge in [-0.05, 0) is 37.4 Å². The summed E-state index contributed by atoms with van der Waals surface area (Å²) >= 11 is 2.15. The molecule has 0 aromatic carbocycles. The fourth-order valence-electron chi connectivity index (χ4n) is 2.29. The summed E-state index contributed by atoms with van der Waals surface area (Å²) in [5.41, 5.74) is 0.380. The molecule has 1 rings (SSSR count). The van der Waals surface area contributed by atoms with Gasteiger partial charge in [-0.2, -0.15) is 11.8 Å². The van der Waals surface area contributed by atoms with Crippen LogP contribution in [0.3, 0.4) is 0 Å². The van der Waals surface area contributed by atoms with Crippen LogP contribution < -0.4 is 5.32 Å². The summed E-state index contributed by atoms with van der Waals surface area (Å²) in [6, 6.07) is 1.37. The van der Waals surface area contributed by atoms with Crippen LogP contribution in [0.2, 0.25) is 0 Å². The number of hydrogen-bond acceptors (Lipinski definition) is 2. The van der Waals surface area contributed by atoms with Crippen molar-refractivity contribution in [1.82, 2.24) is 5.32 Å². The molecular weight excluding hydrogens is 214 g/mol. The largest absolute Gasteiger partial charge is 0.311 e. The van der Waals surface area contributed by atoms with E-state index in [1.807, 2.05) is 0 Å². The average Bonchev–Trinajstić information content (AvgIpc) is 2.17. The standard InChI is InChI=1S/C14H29NS/c1-6-16-13-9-7-8-12(10-13)15-11(2)14(3,4)5/h11-13,15H,6-10H2,1-5H3. The maximum Gasteiger partial charge on any atom is 0.00898 e. The van der Waals surface area contributed by atoms with Crippen LogP contribution in [0.25, 0.3) is 0 Å². The molecule has 0 amide bonds. The van der Waals surface area contributed by atoms with Crippen molar-refractivity contribution < 1.29 is 0 Å². The second-order valence-corrected chi connectivity index (χ2v) is 7.77. The Morgan fingerprint density at radius 1 is 1.31 bits per heavy atom. The first kappa shape index (κ1) is 14.4. The highest BCUT2D eigenvalue weighted by atomic mass is 32.2. The third-order valence-electron chi connectivity index (χ3n) is 3.81. The molecule has 1 saturated carbocycles. The molecule has 1 aliphatic carbocycles. The topological polar surface area (TPSA) is 12.0 Å². The highest BCUT2D eigenvalue weighted by Crippen LogP contribution is 2.29. The fourth-order valence-corrected chi connectivity index (χ4v) is 3.46. The van der Waals surface area contributed by atoms with Crippen LogP contribution in [-0.4, -0.2) is 23.1 Å². The van der Waals surface area contributed by atoms with Gasteiger partial charge in [-0.1, -0.05) is 34.1 Å². The first-order valence-electron chi connectivity index (χ1n) is 6.81. The molecule has 0 radical (unpaired) electrons. The van der Waals surface area contributed by atoms with Crippen LogP contribution in [0.1, 0.15) is 60.3 Å². The predicted octanol–water partition coefficient (Wildman–Crippen LogP) is 4.07. The summed E-state index contributed by atoms with van der Waals surface area (Å²) in [4.78, 5) is 0. The highest BCUT2D eigenvalue weighted by Gasteiger charge is 2.26. The van der Waals surface area contributed by atoms with E-state index in [9.17, 15) is 0 Å². The molecule has 0 aromatic rings. The molecule has 0 bridgehead atoms. The lowest BCUT2D eigenvalue weighted by atomic mass is 9.86. The van der Waals surface area contributed by atoms with Crippen LogP contribution in [0.15, 0.2) is 0 Å². The molecule has 1 nitrogen and oxygen atoms in total. The maximum absolute atomic E-state index is 3.83. The quantitative estimate of drug-likeness (QED) is 0.798. The van der Waals surface area contributed by atoms with E-state index in [1.165, 1.54) is 31.4 Å². The van der Waals surface area contributed by atoms with E-state index in [4.69, 9.17) is 0 Å². The second-order valence-electron chi connectivity index (χ2n) is 6.20. The molecule has 1 fully saturated rings. The van der Waals surface area contributed by atoms with E-state index < -0.39 is 0 Å². The van der Waals surface area contributed by atoms with E-state index in [-0.39, 0.29) is 0 Å². The van der Waals surface area contributed by atoms with Gasteiger partial charge in [0, 0.05) is 17.3 Å². The summed E-state index contributed by atoms with van der Waals surface area (Å²) in [6.07, 6.45) is 5.59. The Kier molecular flexibility index (Phi) is 5.66. The normalized spacial score (nSPS) is 29.1. The van der Waals surface area contributed by atoms with Gasteiger partial charge in [0.15, 0.2) is 0 Å². The summed E-state index contributed by atoms with van der Waals surface area (Å²) < 4.78 is 0. The first-order valence-corrected chi connectivity index (χ1v) is 7.86. The third-order valence-corrected chi connectivity index (χ3v) is 5.05. The average molecular weight is 243 g/mol. The van der Waals surface area contributed by atoms with Crippen molar-refractivity contribution in [1.29, 1.82) is 0 Å². The van der Waals surface area contributed by atoms with Gasteiger partial charge in [-0.25, -0.2) is 0 Å². The van der Waals surface area contributed by atoms with Gasteiger partial charge < -0.3 is 5.32 Å². The van der Waals surface area contributed by atoms with Gasteiger partial charge in [0.05, 0.1) is 0 Å². The van der Waals surface area contributed by atoms with Gasteiger partial charge in [-0.3, -0.25) is 0 Å².